The first-order valence-electron chi connectivity index (χ1n) is 4.88. The maximum atomic E-state index is 11.5. The molecule has 0 radical (unpaired) electrons. The molecule has 0 spiro atoms. The van der Waals surface area contributed by atoms with Crippen molar-refractivity contribution >= 4 is 17.5 Å². The summed E-state index contributed by atoms with van der Waals surface area (Å²) in [5.74, 6) is -3.26. The third-order valence-corrected chi connectivity index (χ3v) is 2.03. The second kappa shape index (κ2) is 10.4. The van der Waals surface area contributed by atoms with E-state index < -0.39 is 11.8 Å². The summed E-state index contributed by atoms with van der Waals surface area (Å²) in [5.41, 5.74) is 1.50. The van der Waals surface area contributed by atoms with E-state index in [0.29, 0.717) is 5.56 Å². The van der Waals surface area contributed by atoms with Crippen LogP contribution in [0.15, 0.2) is 42.5 Å². The Balaban J connectivity index is 0. The predicted octanol–water partition coefficient (Wildman–Crippen LogP) is -6.42. The van der Waals surface area contributed by atoms with Gasteiger partial charge in [0.1, 0.15) is 5.97 Å². The van der Waals surface area contributed by atoms with Crippen LogP contribution >= 0.6 is 0 Å². The van der Waals surface area contributed by atoms with Crippen molar-refractivity contribution in [3.8, 4) is 0 Å². The number of hydrogen-bond donors (Lipinski definition) is 0. The number of aliphatic carboxylic acids is 1. The minimum absolute atomic E-state index is 0. The summed E-state index contributed by atoms with van der Waals surface area (Å²) in [5, 5.41) is 21.6. The van der Waals surface area contributed by atoms with Crippen LogP contribution in [-0.4, -0.2) is 11.8 Å². The normalized spacial score (nSPS) is 10.5. The van der Waals surface area contributed by atoms with Gasteiger partial charge in [0.15, 0.2) is 0 Å². The smallest absolute Gasteiger partial charge is 0.872 e. The number of rotatable bonds is 4. The molecule has 0 aliphatic carbocycles. The number of benzene rings is 1. The Hall–Kier alpha value is -0.360. The zero-order valence-electron chi connectivity index (χ0n) is 11.2. The molecule has 1 aromatic carbocycles. The van der Waals surface area contributed by atoms with Crippen molar-refractivity contribution in [3.05, 3.63) is 53.6 Å². The first-order chi connectivity index (χ1) is 8.00. The van der Waals surface area contributed by atoms with Crippen molar-refractivity contribution in [1.82, 2.24) is 0 Å². The minimum atomic E-state index is -1.79. The number of carbonyl (C=O) groups excluding carboxylic acids is 2. The third kappa shape index (κ3) is 7.72. The molecule has 19 heavy (non-hydrogen) atoms. The fourth-order valence-electron chi connectivity index (χ4n) is 1.10. The molecule has 4 nitrogen and oxygen atoms in total. The van der Waals surface area contributed by atoms with Gasteiger partial charge in [-0.05, 0) is 18.6 Å². The second-order valence-corrected chi connectivity index (χ2v) is 3.41. The molecule has 0 saturated heterocycles. The Kier molecular flexibility index (Phi) is 11.5. The van der Waals surface area contributed by atoms with E-state index in [4.69, 9.17) is 0 Å². The summed E-state index contributed by atoms with van der Waals surface area (Å²) < 4.78 is 0. The number of allylic oxidation sites excluding steroid dienone is 2. The largest absolute Gasteiger partial charge is 1.00 e. The van der Waals surface area contributed by atoms with Crippen LogP contribution < -0.4 is 69.3 Å². The molecule has 0 unspecified atom stereocenters. The SMILES string of the molecule is Cc1ccc(/C([O-])=C/C=C/C(=O)C(=O)[O-])cc1.[Na+].[Na+]. The monoisotopic (exact) mass is 276 g/mol. The van der Waals surface area contributed by atoms with Gasteiger partial charge in [0.2, 0.25) is 5.78 Å². The van der Waals surface area contributed by atoms with Gasteiger partial charge in [-0.25, -0.2) is 0 Å². The predicted molar refractivity (Wildman–Crippen MR) is 58.3 cm³/mol. The number of carboxylic acid groups (broad SMARTS) is 1. The van der Waals surface area contributed by atoms with Gasteiger partial charge in [-0.15, -0.1) is 5.76 Å². The van der Waals surface area contributed by atoms with Crippen molar-refractivity contribution in [1.29, 1.82) is 0 Å². The van der Waals surface area contributed by atoms with E-state index in [0.717, 1.165) is 23.8 Å². The molecule has 0 bridgehead atoms. The van der Waals surface area contributed by atoms with Crippen molar-refractivity contribution in [2.75, 3.05) is 0 Å². The number of aryl methyl sites for hydroxylation is 1. The van der Waals surface area contributed by atoms with Crippen LogP contribution in [0.5, 0.6) is 0 Å². The fourth-order valence-corrected chi connectivity index (χ4v) is 1.10. The molecule has 0 aliphatic rings. The molecule has 1 rings (SSSR count). The van der Waals surface area contributed by atoms with E-state index >= 15 is 0 Å². The Morgan fingerprint density at radius 2 is 1.58 bits per heavy atom. The van der Waals surface area contributed by atoms with Gasteiger partial charge in [0.05, 0.1) is 0 Å². The Labute approximate surface area is 155 Å². The summed E-state index contributed by atoms with van der Waals surface area (Å²) in [4.78, 5) is 20.7. The standard InChI is InChI=1S/C13H12O4.2Na/c1-9-5-7-10(8-6-9)11(14)3-2-4-12(15)13(16)17;;/h2-8,14H,1H3,(H,16,17);;/q;2*+1/p-2/b4-2+,11-3-;;. The van der Waals surface area contributed by atoms with Gasteiger partial charge in [-0.2, -0.15) is 0 Å². The molecule has 88 valence electrons. The van der Waals surface area contributed by atoms with Gasteiger partial charge in [-0.3, -0.25) is 4.79 Å². The molecule has 0 heterocycles. The zero-order chi connectivity index (χ0) is 12.8. The first-order valence-corrected chi connectivity index (χ1v) is 4.88. The van der Waals surface area contributed by atoms with E-state index in [2.05, 4.69) is 0 Å². The van der Waals surface area contributed by atoms with Crippen LogP contribution in [0.2, 0.25) is 0 Å². The van der Waals surface area contributed by atoms with Crippen molar-refractivity contribution < 1.29 is 78.9 Å². The molecule has 0 fully saturated rings. The molecule has 6 heteroatoms. The number of carboxylic acids is 1. The summed E-state index contributed by atoms with van der Waals surface area (Å²) in [6, 6.07) is 6.89. The van der Waals surface area contributed by atoms with Gasteiger partial charge >= 0.3 is 59.1 Å². The summed E-state index contributed by atoms with van der Waals surface area (Å²) in [6.07, 6.45) is 3.01. The van der Waals surface area contributed by atoms with E-state index in [9.17, 15) is 19.8 Å². The molecule has 0 saturated carbocycles. The van der Waals surface area contributed by atoms with E-state index in [-0.39, 0.29) is 64.9 Å². The number of carbonyl (C=O) groups is 2. The Morgan fingerprint density at radius 3 is 2.05 bits per heavy atom. The maximum absolute atomic E-state index is 11.5. The Bertz CT molecular complexity index is 490. The van der Waals surface area contributed by atoms with E-state index in [1.807, 2.05) is 6.92 Å². The molecule has 0 N–H and O–H groups in total. The quantitative estimate of drug-likeness (QED) is 0.180. The van der Waals surface area contributed by atoms with Crippen molar-refractivity contribution in [2.45, 2.75) is 6.92 Å². The number of hydrogen-bond acceptors (Lipinski definition) is 4. The van der Waals surface area contributed by atoms with Gasteiger partial charge < -0.3 is 15.0 Å². The molecular weight excluding hydrogens is 266 g/mol. The maximum Gasteiger partial charge on any atom is 1.00 e. The van der Waals surface area contributed by atoms with Crippen LogP contribution in [0, 0.1) is 6.92 Å². The summed E-state index contributed by atoms with van der Waals surface area (Å²) in [6.45, 7) is 1.90. The summed E-state index contributed by atoms with van der Waals surface area (Å²) >= 11 is 0. The third-order valence-electron chi connectivity index (χ3n) is 2.03. The molecule has 1 aromatic rings. The number of ketones is 1. The average Bonchev–Trinajstić information content (AvgIpc) is 2.29. The first kappa shape index (κ1) is 20.9. The summed E-state index contributed by atoms with van der Waals surface area (Å²) in [7, 11) is 0. The molecular formula is C13H10Na2O4. The zero-order valence-corrected chi connectivity index (χ0v) is 15.2. The topological polar surface area (TPSA) is 80.3 Å². The van der Waals surface area contributed by atoms with Crippen molar-refractivity contribution in [2.24, 2.45) is 0 Å². The minimum Gasteiger partial charge on any atom is -0.872 e. The van der Waals surface area contributed by atoms with Crippen LogP contribution in [0.25, 0.3) is 5.76 Å². The molecule has 0 atom stereocenters. The van der Waals surface area contributed by atoms with E-state index in [1.54, 1.807) is 24.3 Å². The van der Waals surface area contributed by atoms with Crippen LogP contribution in [-0.2, 0) is 9.59 Å². The molecule has 0 aromatic heterocycles. The van der Waals surface area contributed by atoms with Crippen molar-refractivity contribution in [3.63, 3.8) is 0 Å². The van der Waals surface area contributed by atoms with Crippen LogP contribution in [0.4, 0.5) is 0 Å². The van der Waals surface area contributed by atoms with Crippen LogP contribution in [0.3, 0.4) is 0 Å². The molecule has 0 aliphatic heterocycles. The van der Waals surface area contributed by atoms with Gasteiger partial charge in [0, 0.05) is 0 Å². The second-order valence-electron chi connectivity index (χ2n) is 3.41. The average molecular weight is 276 g/mol. The van der Waals surface area contributed by atoms with E-state index in [1.165, 1.54) is 0 Å². The van der Waals surface area contributed by atoms with Crippen LogP contribution in [0.1, 0.15) is 11.1 Å². The van der Waals surface area contributed by atoms with Gasteiger partial charge in [-0.1, -0.05) is 42.0 Å². The Morgan fingerprint density at radius 1 is 1.05 bits per heavy atom. The fraction of sp³-hybridized carbons (Fsp3) is 0.0769. The van der Waals surface area contributed by atoms with Gasteiger partial charge in [0.25, 0.3) is 0 Å². The molecule has 0 amide bonds.